The van der Waals surface area contributed by atoms with Crippen molar-refractivity contribution in [1.82, 2.24) is 9.78 Å². The van der Waals surface area contributed by atoms with E-state index in [2.05, 4.69) is 10.4 Å². The van der Waals surface area contributed by atoms with Gasteiger partial charge in [0.15, 0.2) is 9.17 Å². The van der Waals surface area contributed by atoms with Gasteiger partial charge in [0.25, 0.3) is 12.3 Å². The Morgan fingerprint density at radius 1 is 1.44 bits per heavy atom. The number of halogens is 6. The summed E-state index contributed by atoms with van der Waals surface area (Å²) in [6.45, 7) is 0. The molecule has 1 aromatic rings. The molecule has 1 aromatic heterocycles. The highest BCUT2D eigenvalue weighted by Gasteiger charge is 2.40. The summed E-state index contributed by atoms with van der Waals surface area (Å²) >= 11 is 23.0. The van der Waals surface area contributed by atoms with Gasteiger partial charge in [0, 0.05) is 5.57 Å². The number of carbonyl (C=O) groups is 1. The number of anilines is 1. The average Bonchev–Trinajstić information content (AvgIpc) is 2.89. The van der Waals surface area contributed by atoms with Crippen molar-refractivity contribution in [3.05, 3.63) is 40.1 Å². The minimum absolute atomic E-state index is 0.393. The highest BCUT2D eigenvalue weighted by atomic mass is 35.5. The van der Waals surface area contributed by atoms with E-state index in [1.54, 1.807) is 0 Å². The maximum atomic E-state index is 12.8. The topological polar surface area (TPSA) is 90.1 Å². The second kappa shape index (κ2) is 7.45. The van der Waals surface area contributed by atoms with Crippen LogP contribution in [-0.2, 0) is 4.79 Å². The lowest BCUT2D eigenvalue weighted by Gasteiger charge is -2.29. The maximum absolute atomic E-state index is 12.8. The number of rotatable bonds is 5. The molecule has 13 heteroatoms. The van der Waals surface area contributed by atoms with Crippen LogP contribution < -0.4 is 5.32 Å². The number of nitro groups is 1. The Labute approximate surface area is 159 Å². The zero-order chi connectivity index (χ0) is 18.9. The van der Waals surface area contributed by atoms with Gasteiger partial charge in [0.05, 0.1) is 4.92 Å². The van der Waals surface area contributed by atoms with E-state index in [1.807, 2.05) is 0 Å². The van der Waals surface area contributed by atoms with Gasteiger partial charge in [-0.15, -0.1) is 0 Å². The SMILES string of the molecule is O=C(Nc1c([N+](=O)[O-])cnn1C1C=CC(C(F)F)=CC1(Cl)Cl)C(Cl)Cl. The Bertz CT molecular complexity index is 764. The van der Waals surface area contributed by atoms with Crippen LogP contribution in [0.4, 0.5) is 20.3 Å². The predicted molar refractivity (Wildman–Crippen MR) is 89.7 cm³/mol. The van der Waals surface area contributed by atoms with E-state index in [0.717, 1.165) is 23.0 Å². The largest absolute Gasteiger partial charge is 0.331 e. The summed E-state index contributed by atoms with van der Waals surface area (Å²) in [5.74, 6) is -1.35. The molecule has 0 radical (unpaired) electrons. The van der Waals surface area contributed by atoms with Crippen molar-refractivity contribution in [2.24, 2.45) is 0 Å². The van der Waals surface area contributed by atoms with Gasteiger partial charge in [-0.25, -0.2) is 13.5 Å². The second-order valence-electron chi connectivity index (χ2n) is 4.79. The van der Waals surface area contributed by atoms with Crippen LogP contribution in [0.3, 0.4) is 0 Å². The standard InChI is InChI=1S/C12H8Cl4F2N4O3/c13-8(14)11(23)20-10-6(22(24)25)4-19-21(10)7-2-1-5(9(17)18)3-12(7,15)16/h1-4,7-9H,(H,20,23). The highest BCUT2D eigenvalue weighted by Crippen LogP contribution is 2.43. The number of nitrogens with zero attached hydrogens (tertiary/aromatic N) is 3. The summed E-state index contributed by atoms with van der Waals surface area (Å²) < 4.78 is 24.6. The molecule has 1 unspecified atom stereocenters. The molecule has 0 spiro atoms. The monoisotopic (exact) mass is 434 g/mol. The molecule has 1 heterocycles. The number of hydrogen-bond donors (Lipinski definition) is 1. The Balaban J connectivity index is 2.48. The number of carbonyl (C=O) groups excluding carboxylic acids is 1. The quantitative estimate of drug-likeness (QED) is 0.429. The minimum atomic E-state index is -2.81. The van der Waals surface area contributed by atoms with Crippen molar-refractivity contribution >= 4 is 63.8 Å². The molecule has 136 valence electrons. The smallest absolute Gasteiger partial charge is 0.303 e. The molecule has 7 nitrogen and oxygen atoms in total. The lowest BCUT2D eigenvalue weighted by Crippen LogP contribution is -2.31. The van der Waals surface area contributed by atoms with Crippen LogP contribution in [-0.4, -0.2) is 36.2 Å². The Morgan fingerprint density at radius 2 is 2.08 bits per heavy atom. The van der Waals surface area contributed by atoms with Crippen molar-refractivity contribution in [3.8, 4) is 0 Å². The van der Waals surface area contributed by atoms with Gasteiger partial charge in [-0.2, -0.15) is 5.10 Å². The average molecular weight is 436 g/mol. The summed E-state index contributed by atoms with van der Waals surface area (Å²) in [5.41, 5.74) is -1.00. The van der Waals surface area contributed by atoms with Crippen LogP contribution in [0.5, 0.6) is 0 Å². The minimum Gasteiger partial charge on any atom is -0.303 e. The Hall–Kier alpha value is -1.42. The molecule has 25 heavy (non-hydrogen) atoms. The fraction of sp³-hybridized carbons (Fsp3) is 0.333. The van der Waals surface area contributed by atoms with Crippen molar-refractivity contribution in [3.63, 3.8) is 0 Å². The van der Waals surface area contributed by atoms with Crippen LogP contribution in [0.15, 0.2) is 30.0 Å². The number of nitrogens with one attached hydrogen (secondary N) is 1. The first-order chi connectivity index (χ1) is 11.5. The first-order valence-corrected chi connectivity index (χ1v) is 8.05. The summed E-state index contributed by atoms with van der Waals surface area (Å²) in [4.78, 5) is 20.5. The molecule has 1 N–H and O–H groups in total. The van der Waals surface area contributed by atoms with Gasteiger partial charge in [-0.1, -0.05) is 58.6 Å². The van der Waals surface area contributed by atoms with Crippen LogP contribution in [0.25, 0.3) is 0 Å². The van der Waals surface area contributed by atoms with Crippen LogP contribution in [0.2, 0.25) is 0 Å². The molecule has 0 saturated heterocycles. The zero-order valence-electron chi connectivity index (χ0n) is 11.9. The molecule has 0 saturated carbocycles. The summed E-state index contributed by atoms with van der Waals surface area (Å²) in [7, 11) is 0. The molecular formula is C12H8Cl4F2N4O3. The molecule has 0 bridgehead atoms. The van der Waals surface area contributed by atoms with Gasteiger partial charge in [-0.05, 0) is 6.08 Å². The van der Waals surface area contributed by atoms with E-state index in [4.69, 9.17) is 46.4 Å². The van der Waals surface area contributed by atoms with E-state index in [-0.39, 0.29) is 0 Å². The van der Waals surface area contributed by atoms with Crippen LogP contribution in [0, 0.1) is 10.1 Å². The normalized spacial score (nSPS) is 19.2. The fourth-order valence-corrected chi connectivity index (χ4v) is 2.75. The first kappa shape index (κ1) is 19.9. The summed E-state index contributed by atoms with van der Waals surface area (Å²) in [5, 5.41) is 17.0. The molecule has 1 atom stereocenters. The van der Waals surface area contributed by atoms with Gasteiger partial charge in [0.2, 0.25) is 5.82 Å². The van der Waals surface area contributed by atoms with Crippen molar-refractivity contribution in [2.75, 3.05) is 5.32 Å². The number of amides is 1. The number of alkyl halides is 6. The van der Waals surface area contributed by atoms with E-state index in [9.17, 15) is 23.7 Å². The third kappa shape index (κ3) is 4.22. The Kier molecular flexibility index (Phi) is 5.93. The van der Waals surface area contributed by atoms with E-state index >= 15 is 0 Å². The Morgan fingerprint density at radius 3 is 2.56 bits per heavy atom. The van der Waals surface area contributed by atoms with Crippen molar-refractivity contribution in [2.45, 2.75) is 21.6 Å². The van der Waals surface area contributed by atoms with Gasteiger partial charge in [0.1, 0.15) is 12.2 Å². The van der Waals surface area contributed by atoms with Gasteiger partial charge in [-0.3, -0.25) is 14.9 Å². The second-order valence-corrected chi connectivity index (χ2v) is 7.33. The molecule has 0 aromatic carbocycles. The first-order valence-electron chi connectivity index (χ1n) is 6.42. The molecule has 1 amide bonds. The van der Waals surface area contributed by atoms with Crippen LogP contribution >= 0.6 is 46.4 Å². The molecule has 0 aliphatic heterocycles. The molecule has 1 aliphatic carbocycles. The maximum Gasteiger partial charge on any atom is 0.331 e. The molecule has 0 fully saturated rings. The fourth-order valence-electron chi connectivity index (χ4n) is 2.06. The predicted octanol–water partition coefficient (Wildman–Crippen LogP) is 4.01. The van der Waals surface area contributed by atoms with Crippen LogP contribution in [0.1, 0.15) is 6.04 Å². The van der Waals surface area contributed by atoms with Gasteiger partial charge < -0.3 is 5.32 Å². The van der Waals surface area contributed by atoms with E-state index in [0.29, 0.717) is 0 Å². The number of hydrogen-bond acceptors (Lipinski definition) is 4. The molecule has 1 aliphatic rings. The number of aromatic nitrogens is 2. The van der Waals surface area contributed by atoms with E-state index in [1.165, 1.54) is 6.08 Å². The zero-order valence-corrected chi connectivity index (χ0v) is 14.9. The molecular weight excluding hydrogens is 428 g/mol. The van der Waals surface area contributed by atoms with Crippen molar-refractivity contribution < 1.29 is 18.5 Å². The van der Waals surface area contributed by atoms with E-state index < -0.39 is 49.5 Å². The lowest BCUT2D eigenvalue weighted by molar-refractivity contribution is -0.384. The summed E-state index contributed by atoms with van der Waals surface area (Å²) in [6.07, 6.45) is 1.18. The van der Waals surface area contributed by atoms with Crippen molar-refractivity contribution in [1.29, 1.82) is 0 Å². The van der Waals surface area contributed by atoms with Gasteiger partial charge >= 0.3 is 5.69 Å². The highest BCUT2D eigenvalue weighted by molar-refractivity contribution is 6.54. The summed E-state index contributed by atoms with van der Waals surface area (Å²) in [6, 6.07) is -1.12. The third-order valence-electron chi connectivity index (χ3n) is 3.15. The molecule has 2 rings (SSSR count). The lowest BCUT2D eigenvalue weighted by atomic mass is 10.0. The third-order valence-corrected chi connectivity index (χ3v) is 4.21. The number of allylic oxidation sites excluding steroid dienone is 4.